The molecule has 0 bridgehead atoms. The number of hydrogen-bond donors (Lipinski definition) is 0. The number of rotatable bonds is 15. The Morgan fingerprint density at radius 3 is 0.833 bits per heavy atom. The molecule has 0 unspecified atom stereocenters. The minimum absolute atomic E-state index is 1.19. The van der Waals surface area contributed by atoms with E-state index in [4.69, 9.17) is 0 Å². The van der Waals surface area contributed by atoms with E-state index in [9.17, 15) is 0 Å². The van der Waals surface area contributed by atoms with Crippen molar-refractivity contribution in [3.8, 4) is 0 Å². The summed E-state index contributed by atoms with van der Waals surface area (Å²) in [4.78, 5) is 0. The van der Waals surface area contributed by atoms with Crippen LogP contribution in [-0.2, 0) is 0 Å². The van der Waals surface area contributed by atoms with E-state index in [0.29, 0.717) is 0 Å². The van der Waals surface area contributed by atoms with Crippen molar-refractivity contribution in [3.63, 3.8) is 0 Å². The lowest BCUT2D eigenvalue weighted by atomic mass is 10.2. The molecule has 0 N–H and O–H groups in total. The molecule has 24 heavy (non-hydrogen) atoms. The van der Waals surface area contributed by atoms with Crippen LogP contribution in [0.3, 0.4) is 0 Å². The fourth-order valence-corrected chi connectivity index (χ4v) is 2.15. The van der Waals surface area contributed by atoms with Crippen LogP contribution in [0.4, 0.5) is 0 Å². The number of allylic oxidation sites excluding steroid dienone is 3. The molecule has 0 aliphatic rings. The lowest BCUT2D eigenvalue weighted by Gasteiger charge is -1.91. The highest BCUT2D eigenvalue weighted by Gasteiger charge is 1.82. The third-order valence-corrected chi connectivity index (χ3v) is 3.79. The second-order valence-electron chi connectivity index (χ2n) is 6.41. The van der Waals surface area contributed by atoms with Gasteiger partial charge in [0.1, 0.15) is 0 Å². The normalized spacial score (nSPS) is 9.12. The van der Waals surface area contributed by atoms with Gasteiger partial charge in [0.05, 0.1) is 0 Å². The molecule has 0 aromatic carbocycles. The molecule has 0 saturated carbocycles. The molecule has 0 aromatic rings. The quantitative estimate of drug-likeness (QED) is 0.206. The third kappa shape index (κ3) is 42.9. The zero-order valence-electron chi connectivity index (χ0n) is 17.5. The summed E-state index contributed by atoms with van der Waals surface area (Å²) in [5.41, 5.74) is 0. The first kappa shape index (κ1) is 28.0. The average Bonchev–Trinajstić information content (AvgIpc) is 2.61. The van der Waals surface area contributed by atoms with Gasteiger partial charge in [0, 0.05) is 0 Å². The van der Waals surface area contributed by atoms with E-state index in [0.717, 1.165) is 0 Å². The number of hydrogen-bond acceptors (Lipinski definition) is 0. The molecule has 0 saturated heterocycles. The third-order valence-electron chi connectivity index (χ3n) is 3.79. The Kier molecular flexibility index (Phi) is 39.4. The Balaban J connectivity index is -0.000000276. The molecule has 0 heterocycles. The Bertz CT molecular complexity index is 176. The van der Waals surface area contributed by atoms with Crippen LogP contribution in [0, 0.1) is 0 Å². The van der Waals surface area contributed by atoms with Gasteiger partial charge in [-0.25, -0.2) is 0 Å². The monoisotopic (exact) mass is 336 g/mol. The molecule has 0 nitrogen and oxygen atoms in total. The zero-order chi connectivity index (χ0) is 18.7. The maximum Gasteiger partial charge on any atom is -0.0353 e. The summed E-state index contributed by atoms with van der Waals surface area (Å²) in [6, 6.07) is 0. The van der Waals surface area contributed by atoms with Crippen molar-refractivity contribution in [2.24, 2.45) is 0 Å². The Labute approximate surface area is 155 Å². The smallest absolute Gasteiger partial charge is 0.0353 e. The predicted octanol–water partition coefficient (Wildman–Crippen LogP) is 9.43. The first-order valence-corrected chi connectivity index (χ1v) is 10.6. The minimum atomic E-state index is 1.19. The SMILES string of the molecule is C=CCCCCCC.C=CCCCCCC.C=CCCCCCC. The van der Waals surface area contributed by atoms with Crippen LogP contribution in [-0.4, -0.2) is 0 Å². The highest BCUT2D eigenvalue weighted by Crippen LogP contribution is 2.02. The lowest BCUT2D eigenvalue weighted by molar-refractivity contribution is 0.675. The second-order valence-corrected chi connectivity index (χ2v) is 6.41. The van der Waals surface area contributed by atoms with Crippen molar-refractivity contribution in [1.82, 2.24) is 0 Å². The van der Waals surface area contributed by atoms with E-state index in [2.05, 4.69) is 40.5 Å². The summed E-state index contributed by atoms with van der Waals surface area (Å²) in [6.45, 7) is 17.7. The summed E-state index contributed by atoms with van der Waals surface area (Å²) in [6.07, 6.45) is 25.8. The van der Waals surface area contributed by atoms with Crippen molar-refractivity contribution >= 4 is 0 Å². The first-order chi connectivity index (χ1) is 11.7. The Morgan fingerprint density at radius 2 is 0.667 bits per heavy atom. The summed E-state index contributed by atoms with van der Waals surface area (Å²) in [5.74, 6) is 0. The molecule has 0 aliphatic carbocycles. The van der Waals surface area contributed by atoms with Crippen LogP contribution >= 0.6 is 0 Å². The second kappa shape index (κ2) is 33.7. The van der Waals surface area contributed by atoms with Crippen molar-refractivity contribution in [1.29, 1.82) is 0 Å². The van der Waals surface area contributed by atoms with E-state index in [1.54, 1.807) is 0 Å². The van der Waals surface area contributed by atoms with Crippen molar-refractivity contribution in [2.45, 2.75) is 117 Å². The molecule has 0 rings (SSSR count). The van der Waals surface area contributed by atoms with Gasteiger partial charge in [-0.1, -0.05) is 96.8 Å². The van der Waals surface area contributed by atoms with Gasteiger partial charge < -0.3 is 0 Å². The van der Waals surface area contributed by atoms with Crippen molar-refractivity contribution in [3.05, 3.63) is 38.0 Å². The van der Waals surface area contributed by atoms with Crippen LogP contribution < -0.4 is 0 Å². The Hall–Kier alpha value is -0.780. The molecule has 0 atom stereocenters. The van der Waals surface area contributed by atoms with E-state index < -0.39 is 0 Å². The van der Waals surface area contributed by atoms with Crippen LogP contribution in [0.5, 0.6) is 0 Å². The molecule has 0 spiro atoms. The van der Waals surface area contributed by atoms with E-state index in [-0.39, 0.29) is 0 Å². The summed E-state index contributed by atoms with van der Waals surface area (Å²) in [5, 5.41) is 0. The van der Waals surface area contributed by atoms with Crippen LogP contribution in [0.15, 0.2) is 38.0 Å². The molecule has 0 radical (unpaired) electrons. The Morgan fingerprint density at radius 1 is 0.417 bits per heavy atom. The van der Waals surface area contributed by atoms with Gasteiger partial charge in [-0.2, -0.15) is 0 Å². The molecular formula is C24H48. The summed E-state index contributed by atoms with van der Waals surface area (Å²) < 4.78 is 0. The minimum Gasteiger partial charge on any atom is -0.103 e. The molecule has 0 aromatic heterocycles. The standard InChI is InChI=1S/3C8H16/c3*1-3-5-7-8-6-4-2/h3*3H,1,4-8H2,2H3. The largest absolute Gasteiger partial charge is 0.103 e. The van der Waals surface area contributed by atoms with Gasteiger partial charge in [-0.3, -0.25) is 0 Å². The summed E-state index contributed by atoms with van der Waals surface area (Å²) >= 11 is 0. The molecule has 0 amide bonds. The summed E-state index contributed by atoms with van der Waals surface area (Å²) in [7, 11) is 0. The molecule has 0 aliphatic heterocycles. The molecule has 0 fully saturated rings. The lowest BCUT2D eigenvalue weighted by Crippen LogP contribution is -1.71. The van der Waals surface area contributed by atoms with Gasteiger partial charge in [0.25, 0.3) is 0 Å². The van der Waals surface area contributed by atoms with Crippen molar-refractivity contribution in [2.75, 3.05) is 0 Å². The fraction of sp³-hybridized carbons (Fsp3) is 0.750. The van der Waals surface area contributed by atoms with E-state index in [1.165, 1.54) is 96.3 Å². The van der Waals surface area contributed by atoms with E-state index >= 15 is 0 Å². The van der Waals surface area contributed by atoms with Gasteiger partial charge >= 0.3 is 0 Å². The fourth-order valence-electron chi connectivity index (χ4n) is 2.15. The van der Waals surface area contributed by atoms with E-state index in [1.807, 2.05) is 18.2 Å². The predicted molar refractivity (Wildman–Crippen MR) is 117 cm³/mol. The highest BCUT2D eigenvalue weighted by atomic mass is 13.9. The first-order valence-electron chi connectivity index (χ1n) is 10.6. The number of unbranched alkanes of at least 4 members (excludes halogenated alkanes) is 12. The molecule has 0 heteroatoms. The molecule has 144 valence electrons. The molecular weight excluding hydrogens is 288 g/mol. The highest BCUT2D eigenvalue weighted by molar-refractivity contribution is 4.66. The van der Waals surface area contributed by atoms with Gasteiger partial charge in [-0.15, -0.1) is 19.7 Å². The van der Waals surface area contributed by atoms with Crippen LogP contribution in [0.1, 0.15) is 117 Å². The van der Waals surface area contributed by atoms with Gasteiger partial charge in [0.2, 0.25) is 0 Å². The average molecular weight is 337 g/mol. The van der Waals surface area contributed by atoms with Crippen LogP contribution in [0.25, 0.3) is 0 Å². The maximum absolute atomic E-state index is 3.66. The zero-order valence-corrected chi connectivity index (χ0v) is 17.5. The van der Waals surface area contributed by atoms with Crippen LogP contribution in [0.2, 0.25) is 0 Å². The maximum atomic E-state index is 3.66. The topological polar surface area (TPSA) is 0 Å². The van der Waals surface area contributed by atoms with Crippen molar-refractivity contribution < 1.29 is 0 Å². The van der Waals surface area contributed by atoms with Gasteiger partial charge in [-0.05, 0) is 38.5 Å². The van der Waals surface area contributed by atoms with Gasteiger partial charge in [0.15, 0.2) is 0 Å².